The molecule has 1 aromatic rings. The van der Waals surface area contributed by atoms with Gasteiger partial charge in [-0.05, 0) is 12.5 Å². The summed E-state index contributed by atoms with van der Waals surface area (Å²) in [5, 5.41) is 10.7. The molecule has 1 rings (SSSR count). The summed E-state index contributed by atoms with van der Waals surface area (Å²) in [5.41, 5.74) is 0.161. The second kappa shape index (κ2) is 6.84. The number of carbonyl (C=O) groups is 2. The summed E-state index contributed by atoms with van der Waals surface area (Å²) in [6.45, 7) is 1.77. The predicted molar refractivity (Wildman–Crippen MR) is 68.5 cm³/mol. The van der Waals surface area contributed by atoms with Crippen LogP contribution in [0.3, 0.4) is 0 Å². The summed E-state index contributed by atoms with van der Waals surface area (Å²) in [6.07, 6.45) is -0.0599. The maximum atomic E-state index is 11.7. The second-order valence-corrected chi connectivity index (χ2v) is 3.94. The highest BCUT2D eigenvalue weighted by atomic mass is 35.5. The zero-order valence-corrected chi connectivity index (χ0v) is 11.0. The Morgan fingerprint density at radius 3 is 2.63 bits per heavy atom. The molecular weight excluding hydrogens is 274 g/mol. The molecule has 0 unspecified atom stereocenters. The van der Waals surface area contributed by atoms with Crippen molar-refractivity contribution in [3.05, 3.63) is 39.4 Å². The molecule has 1 aromatic carbocycles. The molecule has 0 aliphatic heterocycles. The summed E-state index contributed by atoms with van der Waals surface area (Å²) in [6, 6.07) is 3.71. The van der Waals surface area contributed by atoms with E-state index in [1.807, 2.05) is 0 Å². The van der Waals surface area contributed by atoms with E-state index in [0.29, 0.717) is 5.56 Å². The van der Waals surface area contributed by atoms with Gasteiger partial charge in [0, 0.05) is 18.6 Å². The highest BCUT2D eigenvalue weighted by Gasteiger charge is 2.19. The number of non-ortho nitro benzene ring substituents is 1. The molecule has 0 spiro atoms. The van der Waals surface area contributed by atoms with Crippen molar-refractivity contribution < 1.29 is 19.2 Å². The largest absolute Gasteiger partial charge is 0.462 e. The predicted octanol–water partition coefficient (Wildman–Crippen LogP) is 2.12. The highest BCUT2D eigenvalue weighted by Crippen LogP contribution is 2.20. The maximum absolute atomic E-state index is 11.7. The number of hydrogen-bond acceptors (Lipinski definition) is 5. The third kappa shape index (κ3) is 4.03. The summed E-state index contributed by atoms with van der Waals surface area (Å²) < 4.78 is 4.81. The maximum Gasteiger partial charge on any atom is 0.338 e. The number of nitro benzene ring substituents is 1. The fourth-order valence-electron chi connectivity index (χ4n) is 1.49. The van der Waals surface area contributed by atoms with Crippen LogP contribution in [0.25, 0.3) is 0 Å². The molecule has 0 heterocycles. The minimum absolute atomic E-state index is 0.0227. The Morgan fingerprint density at radius 1 is 1.42 bits per heavy atom. The standard InChI is InChI=1S/C12H12ClNO5/c1-2-19-12(16)11-6-9(14(17)18)4-3-8(11)5-10(15)7-13/h3-4,6H,2,5,7H2,1H3. The lowest BCUT2D eigenvalue weighted by atomic mass is 10.0. The SMILES string of the molecule is CCOC(=O)c1cc([N+](=O)[O-])ccc1CC(=O)CCl. The second-order valence-electron chi connectivity index (χ2n) is 3.67. The van der Waals surface area contributed by atoms with Crippen molar-refractivity contribution in [2.75, 3.05) is 12.5 Å². The number of rotatable bonds is 6. The summed E-state index contributed by atoms with van der Waals surface area (Å²) in [5.74, 6) is -1.15. The number of halogens is 1. The number of ether oxygens (including phenoxy) is 1. The number of carbonyl (C=O) groups excluding carboxylic acids is 2. The van der Waals surface area contributed by atoms with Crippen LogP contribution in [-0.4, -0.2) is 29.2 Å². The fraction of sp³-hybridized carbons (Fsp3) is 0.333. The van der Waals surface area contributed by atoms with Crippen molar-refractivity contribution >= 4 is 29.0 Å². The van der Waals surface area contributed by atoms with Crippen LogP contribution in [0.1, 0.15) is 22.8 Å². The Kier molecular flexibility index (Phi) is 5.44. The van der Waals surface area contributed by atoms with Crippen LogP contribution < -0.4 is 0 Å². The van der Waals surface area contributed by atoms with Gasteiger partial charge in [-0.15, -0.1) is 11.6 Å². The number of esters is 1. The summed E-state index contributed by atoms with van der Waals surface area (Å²) in [4.78, 5) is 33.1. The number of ketones is 1. The number of Topliss-reactive ketones (excluding diaryl/α,β-unsaturated/α-hetero) is 1. The molecule has 0 fully saturated rings. The van der Waals surface area contributed by atoms with Gasteiger partial charge in [0.2, 0.25) is 0 Å². The first-order valence-electron chi connectivity index (χ1n) is 5.51. The molecule has 0 amide bonds. The summed E-state index contributed by atoms with van der Waals surface area (Å²) >= 11 is 5.40. The van der Waals surface area contributed by atoms with Crippen LogP contribution in [0, 0.1) is 10.1 Å². The summed E-state index contributed by atoms with van der Waals surface area (Å²) in [7, 11) is 0. The van der Waals surface area contributed by atoms with Crippen molar-refractivity contribution in [2.45, 2.75) is 13.3 Å². The lowest BCUT2D eigenvalue weighted by Gasteiger charge is -2.07. The molecule has 0 atom stereocenters. The molecule has 0 radical (unpaired) electrons. The van der Waals surface area contributed by atoms with E-state index in [2.05, 4.69) is 0 Å². The number of hydrogen-bond donors (Lipinski definition) is 0. The molecule has 0 aliphatic rings. The number of nitro groups is 1. The molecule has 102 valence electrons. The first-order valence-corrected chi connectivity index (χ1v) is 6.05. The number of nitrogens with zero attached hydrogens (tertiary/aromatic N) is 1. The molecule has 19 heavy (non-hydrogen) atoms. The monoisotopic (exact) mass is 285 g/mol. The van der Waals surface area contributed by atoms with Crippen molar-refractivity contribution in [1.82, 2.24) is 0 Å². The average Bonchev–Trinajstić information content (AvgIpc) is 2.38. The minimum atomic E-state index is -0.691. The van der Waals surface area contributed by atoms with Gasteiger partial charge in [0.1, 0.15) is 0 Å². The van der Waals surface area contributed by atoms with Gasteiger partial charge in [-0.3, -0.25) is 14.9 Å². The minimum Gasteiger partial charge on any atom is -0.462 e. The van der Waals surface area contributed by atoms with Crippen molar-refractivity contribution in [3.8, 4) is 0 Å². The van der Waals surface area contributed by atoms with E-state index in [4.69, 9.17) is 16.3 Å². The lowest BCUT2D eigenvalue weighted by molar-refractivity contribution is -0.384. The molecule has 0 bridgehead atoms. The van der Waals surface area contributed by atoms with E-state index in [1.54, 1.807) is 6.92 Å². The number of alkyl halides is 1. The normalized spacial score (nSPS) is 10.0. The average molecular weight is 286 g/mol. The topological polar surface area (TPSA) is 86.5 Å². The van der Waals surface area contributed by atoms with Crippen molar-refractivity contribution in [1.29, 1.82) is 0 Å². The van der Waals surface area contributed by atoms with Crippen molar-refractivity contribution in [3.63, 3.8) is 0 Å². The van der Waals surface area contributed by atoms with E-state index in [9.17, 15) is 19.7 Å². The molecule has 0 N–H and O–H groups in total. The van der Waals surface area contributed by atoms with Gasteiger partial charge < -0.3 is 4.74 Å². The Morgan fingerprint density at radius 2 is 2.11 bits per heavy atom. The van der Waals surface area contributed by atoms with Gasteiger partial charge >= 0.3 is 5.97 Å². The third-order valence-corrected chi connectivity index (χ3v) is 2.63. The molecule has 7 heteroatoms. The van der Waals surface area contributed by atoms with Gasteiger partial charge in [0.15, 0.2) is 5.78 Å². The fourth-order valence-corrected chi connectivity index (χ4v) is 1.59. The molecule has 0 saturated carbocycles. The molecule has 0 aromatic heterocycles. The Hall–Kier alpha value is -1.95. The zero-order valence-electron chi connectivity index (χ0n) is 10.2. The van der Waals surface area contributed by atoms with Gasteiger partial charge in [0.25, 0.3) is 5.69 Å². The quantitative estimate of drug-likeness (QED) is 0.346. The lowest BCUT2D eigenvalue weighted by Crippen LogP contribution is -2.12. The van der Waals surface area contributed by atoms with Crippen LogP contribution in [0.15, 0.2) is 18.2 Å². The van der Waals surface area contributed by atoms with Gasteiger partial charge in [-0.2, -0.15) is 0 Å². The Labute approximate surface area is 114 Å². The van der Waals surface area contributed by atoms with E-state index < -0.39 is 10.9 Å². The Bertz CT molecular complexity index is 515. The van der Waals surface area contributed by atoms with Gasteiger partial charge in [-0.1, -0.05) is 6.07 Å². The number of benzene rings is 1. The van der Waals surface area contributed by atoms with Crippen LogP contribution in [0.5, 0.6) is 0 Å². The molecule has 0 aliphatic carbocycles. The highest BCUT2D eigenvalue weighted by molar-refractivity contribution is 6.27. The van der Waals surface area contributed by atoms with E-state index in [0.717, 1.165) is 6.07 Å². The van der Waals surface area contributed by atoms with Crippen LogP contribution in [0.2, 0.25) is 0 Å². The van der Waals surface area contributed by atoms with Crippen molar-refractivity contribution in [2.24, 2.45) is 0 Å². The smallest absolute Gasteiger partial charge is 0.338 e. The Balaban J connectivity index is 3.18. The third-order valence-electron chi connectivity index (χ3n) is 2.34. The molecular formula is C12H12ClNO5. The van der Waals surface area contributed by atoms with E-state index in [1.165, 1.54) is 12.1 Å². The van der Waals surface area contributed by atoms with Gasteiger partial charge in [0.05, 0.1) is 23.0 Å². The van der Waals surface area contributed by atoms with E-state index in [-0.39, 0.29) is 35.9 Å². The van der Waals surface area contributed by atoms with Crippen LogP contribution in [0.4, 0.5) is 5.69 Å². The van der Waals surface area contributed by atoms with Gasteiger partial charge in [-0.25, -0.2) is 4.79 Å². The zero-order chi connectivity index (χ0) is 14.4. The molecule has 6 nitrogen and oxygen atoms in total. The molecule has 0 saturated heterocycles. The first kappa shape index (κ1) is 15.1. The van der Waals surface area contributed by atoms with E-state index >= 15 is 0 Å². The van der Waals surface area contributed by atoms with Crippen LogP contribution >= 0.6 is 11.6 Å². The van der Waals surface area contributed by atoms with Crippen LogP contribution in [-0.2, 0) is 16.0 Å². The first-order chi connectivity index (χ1) is 8.99.